The maximum atomic E-state index is 12.2. The molecular weight excluding hydrogens is 366 g/mol. The van der Waals surface area contributed by atoms with Gasteiger partial charge < -0.3 is 19.5 Å². The zero-order chi connectivity index (χ0) is 20.0. The van der Waals surface area contributed by atoms with Crippen LogP contribution in [0.1, 0.15) is 43.2 Å². The number of carbonyl (C=O) groups is 1. The van der Waals surface area contributed by atoms with Gasteiger partial charge in [-0.2, -0.15) is 0 Å². The van der Waals surface area contributed by atoms with E-state index >= 15 is 0 Å². The molecule has 6 atom stereocenters. The summed E-state index contributed by atoms with van der Waals surface area (Å²) < 4.78 is 17.6. The Morgan fingerprint density at radius 3 is 2.62 bits per heavy atom. The van der Waals surface area contributed by atoms with E-state index in [2.05, 4.69) is 23.5 Å². The topological polar surface area (TPSA) is 56.8 Å². The average molecular weight is 400 g/mol. The van der Waals surface area contributed by atoms with E-state index in [0.29, 0.717) is 23.7 Å². The Morgan fingerprint density at radius 1 is 1.17 bits per heavy atom. The largest absolute Gasteiger partial charge is 0.490 e. The molecule has 0 radical (unpaired) electrons. The summed E-state index contributed by atoms with van der Waals surface area (Å²) in [5.74, 6) is 3.30. The number of methoxy groups -OCH3 is 1. The summed E-state index contributed by atoms with van der Waals surface area (Å²) in [6.45, 7) is 5.78. The summed E-state index contributed by atoms with van der Waals surface area (Å²) in [7, 11) is 1.49. The number of rotatable bonds is 5. The molecule has 3 fully saturated rings. The van der Waals surface area contributed by atoms with Crippen LogP contribution in [-0.2, 0) is 20.7 Å². The number of fused-ring (bicyclic) bond motifs is 3. The fraction of sp³-hybridized carbons (Fsp3) is 0.708. The van der Waals surface area contributed by atoms with Crippen LogP contribution >= 0.6 is 0 Å². The molecule has 0 aromatic heterocycles. The Kier molecular flexibility index (Phi) is 5.29. The minimum atomic E-state index is -0.120. The van der Waals surface area contributed by atoms with E-state index in [0.717, 1.165) is 44.9 Å². The Balaban J connectivity index is 1.38. The SMILES string of the molecule is COC(=O)[C@H](C)[C@H](c1ccc2c(c1)O[C@@H](C1[C@@H]3CNC[C@H]1COC3)CC2)C1CC1. The second-order valence-corrected chi connectivity index (χ2v) is 9.53. The summed E-state index contributed by atoms with van der Waals surface area (Å²) in [5.41, 5.74) is 2.54. The van der Waals surface area contributed by atoms with E-state index in [-0.39, 0.29) is 23.9 Å². The van der Waals surface area contributed by atoms with Crippen molar-refractivity contribution in [3.63, 3.8) is 0 Å². The molecule has 1 aromatic carbocycles. The molecule has 3 aliphatic heterocycles. The molecule has 5 nitrogen and oxygen atoms in total. The maximum absolute atomic E-state index is 12.2. The van der Waals surface area contributed by atoms with Crippen molar-refractivity contribution in [1.29, 1.82) is 0 Å². The summed E-state index contributed by atoms with van der Waals surface area (Å²) in [5, 5.41) is 3.57. The van der Waals surface area contributed by atoms with Crippen molar-refractivity contribution >= 4 is 5.97 Å². The molecular formula is C24H33NO4. The standard InChI is InChI=1S/C24H33NO4/c1-14(24(26)27-2)22(16-4-5-16)17-6-3-15-7-8-20(29-21(15)9-17)23-18-10-25-11-19(23)13-28-12-18/h3,6,9,14,16,18-20,22-23,25H,4-5,7-8,10-13H2,1-2H3/t14-,18-,19+,20-,22+,23?/m1/s1. The average Bonchev–Trinajstić information content (AvgIpc) is 3.57. The first-order valence-corrected chi connectivity index (χ1v) is 11.3. The highest BCUT2D eigenvalue weighted by molar-refractivity contribution is 5.73. The molecule has 158 valence electrons. The number of carbonyl (C=O) groups excluding carboxylic acids is 1. The van der Waals surface area contributed by atoms with Crippen LogP contribution in [0.15, 0.2) is 18.2 Å². The third-order valence-electron chi connectivity index (χ3n) is 7.69. The van der Waals surface area contributed by atoms with Crippen LogP contribution in [0.3, 0.4) is 0 Å². The van der Waals surface area contributed by atoms with E-state index in [9.17, 15) is 4.79 Å². The van der Waals surface area contributed by atoms with Crippen LogP contribution in [0.4, 0.5) is 0 Å². The molecule has 5 rings (SSSR count). The molecule has 1 saturated carbocycles. The minimum absolute atomic E-state index is 0.110. The van der Waals surface area contributed by atoms with Gasteiger partial charge in [0.2, 0.25) is 0 Å². The lowest BCUT2D eigenvalue weighted by Crippen LogP contribution is -2.56. The van der Waals surface area contributed by atoms with Gasteiger partial charge in [0.15, 0.2) is 0 Å². The van der Waals surface area contributed by atoms with Crippen LogP contribution in [0.2, 0.25) is 0 Å². The summed E-state index contributed by atoms with van der Waals surface area (Å²) in [4.78, 5) is 12.2. The van der Waals surface area contributed by atoms with Crippen molar-refractivity contribution in [3.05, 3.63) is 29.3 Å². The lowest BCUT2D eigenvalue weighted by atomic mass is 9.72. The molecule has 1 aliphatic carbocycles. The smallest absolute Gasteiger partial charge is 0.309 e. The molecule has 0 amide bonds. The number of hydrogen-bond acceptors (Lipinski definition) is 5. The predicted octanol–water partition coefficient (Wildman–Crippen LogP) is 3.16. The second-order valence-electron chi connectivity index (χ2n) is 9.53. The van der Waals surface area contributed by atoms with E-state index in [1.165, 1.54) is 31.1 Å². The highest BCUT2D eigenvalue weighted by Crippen LogP contribution is 2.48. The third-order valence-corrected chi connectivity index (χ3v) is 7.69. The monoisotopic (exact) mass is 399 g/mol. The van der Waals surface area contributed by atoms with E-state index in [4.69, 9.17) is 14.2 Å². The molecule has 1 N–H and O–H groups in total. The Morgan fingerprint density at radius 2 is 1.93 bits per heavy atom. The van der Waals surface area contributed by atoms with Gasteiger partial charge >= 0.3 is 5.97 Å². The molecule has 2 saturated heterocycles. The quantitative estimate of drug-likeness (QED) is 0.771. The van der Waals surface area contributed by atoms with Crippen molar-refractivity contribution < 1.29 is 19.0 Å². The van der Waals surface area contributed by atoms with Gasteiger partial charge in [-0.25, -0.2) is 0 Å². The fourth-order valence-corrected chi connectivity index (χ4v) is 6.07. The van der Waals surface area contributed by atoms with Gasteiger partial charge in [-0.1, -0.05) is 19.1 Å². The number of benzene rings is 1. The van der Waals surface area contributed by atoms with Crippen LogP contribution in [0.25, 0.3) is 0 Å². The van der Waals surface area contributed by atoms with Crippen LogP contribution in [-0.4, -0.2) is 45.5 Å². The van der Waals surface area contributed by atoms with Gasteiger partial charge in [0, 0.05) is 30.8 Å². The van der Waals surface area contributed by atoms with Gasteiger partial charge in [0.25, 0.3) is 0 Å². The first-order valence-electron chi connectivity index (χ1n) is 11.3. The number of piperidine rings is 1. The molecule has 1 aromatic rings. The zero-order valence-corrected chi connectivity index (χ0v) is 17.6. The van der Waals surface area contributed by atoms with Gasteiger partial charge in [0.1, 0.15) is 11.9 Å². The first-order chi connectivity index (χ1) is 14.2. The van der Waals surface area contributed by atoms with Crippen LogP contribution in [0, 0.1) is 29.6 Å². The van der Waals surface area contributed by atoms with Crippen molar-refractivity contribution in [1.82, 2.24) is 5.32 Å². The first kappa shape index (κ1) is 19.4. The van der Waals surface area contributed by atoms with Gasteiger partial charge in [-0.05, 0) is 54.7 Å². The molecule has 2 bridgehead atoms. The lowest BCUT2D eigenvalue weighted by Gasteiger charge is -2.47. The summed E-state index contributed by atoms with van der Waals surface area (Å²) >= 11 is 0. The molecule has 29 heavy (non-hydrogen) atoms. The highest BCUT2D eigenvalue weighted by atomic mass is 16.5. The molecule has 4 aliphatic rings. The Hall–Kier alpha value is -1.59. The van der Waals surface area contributed by atoms with E-state index < -0.39 is 0 Å². The number of aryl methyl sites for hydroxylation is 1. The van der Waals surface area contributed by atoms with Crippen LogP contribution < -0.4 is 10.1 Å². The van der Waals surface area contributed by atoms with E-state index in [1.54, 1.807) is 0 Å². The number of esters is 1. The van der Waals surface area contributed by atoms with Gasteiger partial charge in [-0.15, -0.1) is 0 Å². The van der Waals surface area contributed by atoms with Crippen molar-refractivity contribution in [2.45, 2.75) is 44.6 Å². The number of ether oxygens (including phenoxy) is 3. The van der Waals surface area contributed by atoms with Crippen molar-refractivity contribution in [2.75, 3.05) is 33.4 Å². The third kappa shape index (κ3) is 3.68. The van der Waals surface area contributed by atoms with E-state index in [1.807, 2.05) is 6.92 Å². The normalized spacial score (nSPS) is 33.2. The summed E-state index contributed by atoms with van der Waals surface area (Å²) in [6, 6.07) is 6.68. The van der Waals surface area contributed by atoms with Gasteiger partial charge in [-0.3, -0.25) is 4.79 Å². The molecule has 0 spiro atoms. The predicted molar refractivity (Wildman–Crippen MR) is 110 cm³/mol. The van der Waals surface area contributed by atoms with Gasteiger partial charge in [0.05, 0.1) is 26.2 Å². The van der Waals surface area contributed by atoms with Crippen molar-refractivity contribution in [2.24, 2.45) is 29.6 Å². The zero-order valence-electron chi connectivity index (χ0n) is 17.6. The number of hydrogen-bond donors (Lipinski definition) is 1. The fourth-order valence-electron chi connectivity index (χ4n) is 6.07. The van der Waals surface area contributed by atoms with Crippen LogP contribution in [0.5, 0.6) is 5.75 Å². The summed E-state index contributed by atoms with van der Waals surface area (Å²) in [6.07, 6.45) is 4.84. The molecule has 3 heterocycles. The van der Waals surface area contributed by atoms with Crippen molar-refractivity contribution in [3.8, 4) is 5.75 Å². The maximum Gasteiger partial charge on any atom is 0.309 e. The molecule has 5 heteroatoms. The molecule has 1 unspecified atom stereocenters. The Bertz CT molecular complexity index is 739. The number of nitrogens with one attached hydrogen (secondary N) is 1. The second kappa shape index (κ2) is 7.92. The lowest BCUT2D eigenvalue weighted by molar-refractivity contribution is -0.145. The highest BCUT2D eigenvalue weighted by Gasteiger charge is 2.44. The Labute approximate surface area is 173 Å². The minimum Gasteiger partial charge on any atom is -0.490 e.